The number of rotatable bonds is 9. The van der Waals surface area contributed by atoms with E-state index in [1.54, 1.807) is 5.56 Å². The van der Waals surface area contributed by atoms with Crippen LogP contribution in [0.5, 0.6) is 0 Å². The second-order valence-corrected chi connectivity index (χ2v) is 6.29. The smallest absolute Gasteiger partial charge is 0.0162 e. The molecule has 1 aromatic carbocycles. The zero-order valence-electron chi connectivity index (χ0n) is 13.4. The Balaban J connectivity index is 2.57. The van der Waals surface area contributed by atoms with Crippen LogP contribution in [0.15, 0.2) is 30.3 Å². The van der Waals surface area contributed by atoms with Gasteiger partial charge in [0.25, 0.3) is 0 Å². The van der Waals surface area contributed by atoms with Gasteiger partial charge in [0.05, 0.1) is 0 Å². The molecule has 0 amide bonds. The summed E-state index contributed by atoms with van der Waals surface area (Å²) in [7, 11) is 0. The monoisotopic (exact) mass is 260 g/mol. The fourth-order valence-electron chi connectivity index (χ4n) is 2.58. The number of hydrogen-bond donors (Lipinski definition) is 0. The van der Waals surface area contributed by atoms with Crippen molar-refractivity contribution in [1.82, 2.24) is 0 Å². The molecule has 0 heterocycles. The van der Waals surface area contributed by atoms with Crippen LogP contribution in [0.1, 0.15) is 77.7 Å². The Morgan fingerprint density at radius 3 is 1.63 bits per heavy atom. The molecule has 1 aromatic rings. The molecule has 0 aromatic heterocycles. The van der Waals surface area contributed by atoms with E-state index in [1.807, 2.05) is 0 Å². The maximum absolute atomic E-state index is 2.39. The molecule has 19 heavy (non-hydrogen) atoms. The van der Waals surface area contributed by atoms with E-state index in [4.69, 9.17) is 0 Å². The molecule has 0 fully saturated rings. The molecule has 2 unspecified atom stereocenters. The summed E-state index contributed by atoms with van der Waals surface area (Å²) >= 11 is 0. The van der Waals surface area contributed by atoms with E-state index < -0.39 is 0 Å². The Bertz CT molecular complexity index is 300. The van der Waals surface area contributed by atoms with Crippen LogP contribution in [0, 0.1) is 11.8 Å². The van der Waals surface area contributed by atoms with Crippen molar-refractivity contribution in [2.24, 2.45) is 11.8 Å². The second-order valence-electron chi connectivity index (χ2n) is 6.29. The standard InChI is InChI=1S/C19H32/c1-5-16(3)12-14-19(15-13-17(4)6-2)18-10-8-7-9-11-18/h7-11,16-17,19H,5-6,12-15H2,1-4H3. The van der Waals surface area contributed by atoms with Gasteiger partial charge >= 0.3 is 0 Å². The Hall–Kier alpha value is -0.780. The summed E-state index contributed by atoms with van der Waals surface area (Å²) in [5, 5.41) is 0. The van der Waals surface area contributed by atoms with Crippen LogP contribution in [0.25, 0.3) is 0 Å². The maximum atomic E-state index is 2.39. The zero-order valence-corrected chi connectivity index (χ0v) is 13.4. The Labute approximate surface area is 120 Å². The van der Waals surface area contributed by atoms with E-state index in [2.05, 4.69) is 58.0 Å². The fourth-order valence-corrected chi connectivity index (χ4v) is 2.58. The number of hydrogen-bond acceptors (Lipinski definition) is 0. The summed E-state index contributed by atoms with van der Waals surface area (Å²) < 4.78 is 0. The topological polar surface area (TPSA) is 0 Å². The minimum absolute atomic E-state index is 0.768. The van der Waals surface area contributed by atoms with Crippen molar-refractivity contribution in [1.29, 1.82) is 0 Å². The average molecular weight is 260 g/mol. The summed E-state index contributed by atoms with van der Waals surface area (Å²) in [5.74, 6) is 2.51. The molecular formula is C19H32. The van der Waals surface area contributed by atoms with Crippen LogP contribution in [-0.4, -0.2) is 0 Å². The first-order valence-electron chi connectivity index (χ1n) is 8.22. The van der Waals surface area contributed by atoms with Gasteiger partial charge in [0.15, 0.2) is 0 Å². The Morgan fingerprint density at radius 1 is 0.737 bits per heavy atom. The molecule has 0 bridgehead atoms. The largest absolute Gasteiger partial charge is 0.0651 e. The average Bonchev–Trinajstić information content (AvgIpc) is 2.47. The molecule has 0 spiro atoms. The predicted octanol–water partition coefficient (Wildman–Crippen LogP) is 6.42. The lowest BCUT2D eigenvalue weighted by molar-refractivity contribution is 0.408. The molecule has 0 N–H and O–H groups in total. The molecule has 108 valence electrons. The van der Waals surface area contributed by atoms with Crippen molar-refractivity contribution in [3.63, 3.8) is 0 Å². The van der Waals surface area contributed by atoms with Gasteiger partial charge < -0.3 is 0 Å². The minimum atomic E-state index is 0.768. The van der Waals surface area contributed by atoms with Gasteiger partial charge in [-0.15, -0.1) is 0 Å². The van der Waals surface area contributed by atoms with Crippen molar-refractivity contribution >= 4 is 0 Å². The highest BCUT2D eigenvalue weighted by Gasteiger charge is 2.14. The van der Waals surface area contributed by atoms with E-state index in [0.717, 1.165) is 17.8 Å². The van der Waals surface area contributed by atoms with Gasteiger partial charge in [-0.25, -0.2) is 0 Å². The van der Waals surface area contributed by atoms with Gasteiger partial charge in [0, 0.05) is 0 Å². The normalized spacial score (nSPS) is 16.0. The highest BCUT2D eigenvalue weighted by molar-refractivity contribution is 5.19. The molecule has 2 atom stereocenters. The van der Waals surface area contributed by atoms with E-state index in [-0.39, 0.29) is 0 Å². The molecule has 0 radical (unpaired) electrons. The highest BCUT2D eigenvalue weighted by atomic mass is 14.2. The van der Waals surface area contributed by atoms with Crippen LogP contribution >= 0.6 is 0 Å². The zero-order chi connectivity index (χ0) is 14.1. The summed E-state index contributed by atoms with van der Waals surface area (Å²) in [6, 6.07) is 11.1. The predicted molar refractivity (Wildman–Crippen MR) is 86.6 cm³/mol. The third-order valence-electron chi connectivity index (χ3n) is 4.68. The summed E-state index contributed by atoms with van der Waals surface area (Å²) in [4.78, 5) is 0. The molecule has 0 saturated carbocycles. The quantitative estimate of drug-likeness (QED) is 0.480. The van der Waals surface area contributed by atoms with Crippen LogP contribution < -0.4 is 0 Å². The van der Waals surface area contributed by atoms with Gasteiger partial charge in [0.2, 0.25) is 0 Å². The molecule has 0 saturated heterocycles. The first-order chi connectivity index (χ1) is 9.17. The molecule has 0 heteroatoms. The Kier molecular flexibility index (Phi) is 7.86. The summed E-state index contributed by atoms with van der Waals surface area (Å²) in [6.07, 6.45) is 8.08. The van der Waals surface area contributed by atoms with E-state index >= 15 is 0 Å². The third-order valence-corrected chi connectivity index (χ3v) is 4.68. The SMILES string of the molecule is CCC(C)CCC(CCC(C)CC)c1ccccc1. The van der Waals surface area contributed by atoms with Gasteiger partial charge in [-0.3, -0.25) is 0 Å². The Morgan fingerprint density at radius 2 is 1.21 bits per heavy atom. The number of benzene rings is 1. The van der Waals surface area contributed by atoms with Gasteiger partial charge in [-0.1, -0.05) is 83.7 Å². The summed E-state index contributed by atoms with van der Waals surface area (Å²) in [6.45, 7) is 9.39. The lowest BCUT2D eigenvalue weighted by atomic mass is 9.85. The fraction of sp³-hybridized carbons (Fsp3) is 0.684. The minimum Gasteiger partial charge on any atom is -0.0651 e. The van der Waals surface area contributed by atoms with Crippen LogP contribution in [0.2, 0.25) is 0 Å². The molecule has 0 nitrogen and oxygen atoms in total. The van der Waals surface area contributed by atoms with E-state index in [0.29, 0.717) is 0 Å². The van der Waals surface area contributed by atoms with Crippen molar-refractivity contribution < 1.29 is 0 Å². The van der Waals surface area contributed by atoms with E-state index in [9.17, 15) is 0 Å². The molecule has 0 aliphatic heterocycles. The van der Waals surface area contributed by atoms with Crippen LogP contribution in [0.4, 0.5) is 0 Å². The lowest BCUT2D eigenvalue weighted by Gasteiger charge is -2.21. The molecule has 0 aliphatic rings. The molecular weight excluding hydrogens is 228 g/mol. The second kappa shape index (κ2) is 9.18. The molecule has 1 rings (SSSR count). The third kappa shape index (κ3) is 6.27. The molecule has 0 aliphatic carbocycles. The van der Waals surface area contributed by atoms with Gasteiger partial charge in [-0.2, -0.15) is 0 Å². The van der Waals surface area contributed by atoms with Crippen molar-refractivity contribution in [3.8, 4) is 0 Å². The van der Waals surface area contributed by atoms with Crippen molar-refractivity contribution in [2.45, 2.75) is 72.1 Å². The summed E-state index contributed by atoms with van der Waals surface area (Å²) in [5.41, 5.74) is 1.55. The van der Waals surface area contributed by atoms with Crippen LogP contribution in [0.3, 0.4) is 0 Å². The van der Waals surface area contributed by atoms with Crippen LogP contribution in [-0.2, 0) is 0 Å². The highest BCUT2D eigenvalue weighted by Crippen LogP contribution is 2.30. The first kappa shape index (κ1) is 16.3. The van der Waals surface area contributed by atoms with Gasteiger partial charge in [0.1, 0.15) is 0 Å². The maximum Gasteiger partial charge on any atom is -0.0162 e. The van der Waals surface area contributed by atoms with E-state index in [1.165, 1.54) is 38.5 Å². The lowest BCUT2D eigenvalue weighted by Crippen LogP contribution is -2.05. The van der Waals surface area contributed by atoms with Crippen molar-refractivity contribution in [3.05, 3.63) is 35.9 Å². The van der Waals surface area contributed by atoms with Gasteiger partial charge in [-0.05, 0) is 36.2 Å². The first-order valence-corrected chi connectivity index (χ1v) is 8.22. The van der Waals surface area contributed by atoms with Crippen molar-refractivity contribution in [2.75, 3.05) is 0 Å².